The van der Waals surface area contributed by atoms with Crippen molar-refractivity contribution >= 4 is 46.8 Å². The number of benzene rings is 2. The summed E-state index contributed by atoms with van der Waals surface area (Å²) in [5.74, 6) is -0.907. The summed E-state index contributed by atoms with van der Waals surface area (Å²) in [4.78, 5) is 23.9. The van der Waals surface area contributed by atoms with E-state index in [9.17, 15) is 22.8 Å². The molecule has 1 aromatic heterocycles. The van der Waals surface area contributed by atoms with Gasteiger partial charge in [-0.15, -0.1) is 10.2 Å². The number of amides is 2. The molecule has 3 rings (SSSR count). The fourth-order valence-corrected chi connectivity index (χ4v) is 4.41. The maximum Gasteiger partial charge on any atom is 0.416 e. The molecule has 0 fully saturated rings. The van der Waals surface area contributed by atoms with Crippen molar-refractivity contribution in [3.8, 4) is 5.75 Å². The van der Waals surface area contributed by atoms with Crippen LogP contribution in [0, 0.1) is 6.92 Å². The third-order valence-corrected chi connectivity index (χ3v) is 6.24. The number of ether oxygens (including phenoxy) is 1. The number of alkyl halides is 3. The third kappa shape index (κ3) is 7.02. The van der Waals surface area contributed by atoms with E-state index in [1.54, 1.807) is 19.2 Å². The number of carbonyl (C=O) groups excluding carboxylic acids is 2. The molecule has 0 unspecified atom stereocenters. The fourth-order valence-electron chi connectivity index (χ4n) is 2.61. The van der Waals surface area contributed by atoms with E-state index in [4.69, 9.17) is 4.74 Å². The van der Waals surface area contributed by atoms with Gasteiger partial charge in [-0.1, -0.05) is 23.1 Å². The number of nitrogens with zero attached hydrogens (tertiary/aromatic N) is 3. The Bertz CT molecular complexity index is 1200. The molecule has 0 aliphatic carbocycles. The Kier molecular flexibility index (Phi) is 8.23. The monoisotopic (exact) mass is 509 g/mol. The van der Waals surface area contributed by atoms with Crippen LogP contribution in [-0.4, -0.2) is 35.3 Å². The average molecular weight is 510 g/mol. The van der Waals surface area contributed by atoms with Gasteiger partial charge < -0.3 is 10.1 Å². The number of hydrogen-bond acceptors (Lipinski definition) is 8. The lowest BCUT2D eigenvalue weighted by molar-refractivity contribution is -0.137. The Labute approximate surface area is 200 Å². The first-order chi connectivity index (χ1) is 16.2. The molecule has 178 valence electrons. The van der Waals surface area contributed by atoms with Crippen molar-refractivity contribution in [3.63, 3.8) is 0 Å². The Morgan fingerprint density at radius 3 is 2.50 bits per heavy atom. The topological polar surface area (TPSA) is 106 Å². The van der Waals surface area contributed by atoms with Crippen LogP contribution < -0.4 is 15.5 Å². The third-order valence-electron chi connectivity index (χ3n) is 4.22. The fraction of sp³-hybridized carbons (Fsp3) is 0.190. The molecule has 2 N–H and O–H groups in total. The Balaban J connectivity index is 1.57. The minimum absolute atomic E-state index is 0.0417. The predicted molar refractivity (Wildman–Crippen MR) is 123 cm³/mol. The molecule has 0 aliphatic rings. The number of carbonyl (C=O) groups is 2. The van der Waals surface area contributed by atoms with Crippen LogP contribution in [0.3, 0.4) is 0 Å². The van der Waals surface area contributed by atoms with Gasteiger partial charge in [0.05, 0.1) is 18.9 Å². The first kappa shape index (κ1) is 25.2. The molecule has 13 heteroatoms. The Morgan fingerprint density at radius 1 is 1.15 bits per heavy atom. The highest BCUT2D eigenvalue weighted by Gasteiger charge is 2.30. The minimum Gasteiger partial charge on any atom is -0.496 e. The van der Waals surface area contributed by atoms with Gasteiger partial charge in [0.25, 0.3) is 0 Å². The molecule has 0 saturated carbocycles. The maximum absolute atomic E-state index is 12.6. The average Bonchev–Trinajstić information content (AvgIpc) is 3.22. The molecule has 0 saturated heterocycles. The molecule has 0 radical (unpaired) electrons. The van der Waals surface area contributed by atoms with Crippen LogP contribution >= 0.6 is 23.1 Å². The minimum atomic E-state index is -4.49. The highest BCUT2D eigenvalue weighted by atomic mass is 32.2. The second-order valence-electron chi connectivity index (χ2n) is 6.68. The number of nitrogens with one attached hydrogen (secondary N) is 2. The number of hydrazone groups is 1. The predicted octanol–water partition coefficient (Wildman–Crippen LogP) is 4.26. The number of anilines is 1. The normalized spacial score (nSPS) is 11.4. The molecule has 1 heterocycles. The van der Waals surface area contributed by atoms with Gasteiger partial charge in [-0.05, 0) is 55.0 Å². The first-order valence-electron chi connectivity index (χ1n) is 9.57. The van der Waals surface area contributed by atoms with E-state index in [1.807, 2.05) is 13.0 Å². The van der Waals surface area contributed by atoms with Gasteiger partial charge in [0.15, 0.2) is 4.34 Å². The SMILES string of the molecule is COc1ccc(C=NNC(=O)C(=O)Nc2ccc(C(F)(F)F)cc2)cc1CSc1nnc(C)s1. The zero-order valence-corrected chi connectivity index (χ0v) is 19.5. The number of halogens is 3. The van der Waals surface area contributed by atoms with E-state index in [2.05, 4.69) is 26.0 Å². The lowest BCUT2D eigenvalue weighted by atomic mass is 10.1. The molecular formula is C21H18F3N5O3S2. The summed E-state index contributed by atoms with van der Waals surface area (Å²) in [7, 11) is 1.56. The Morgan fingerprint density at radius 2 is 1.88 bits per heavy atom. The number of thioether (sulfide) groups is 1. The van der Waals surface area contributed by atoms with Crippen molar-refractivity contribution in [3.05, 3.63) is 64.2 Å². The van der Waals surface area contributed by atoms with E-state index in [0.717, 1.165) is 39.2 Å². The van der Waals surface area contributed by atoms with Gasteiger partial charge in [0.2, 0.25) is 0 Å². The van der Waals surface area contributed by atoms with Gasteiger partial charge >= 0.3 is 18.0 Å². The largest absolute Gasteiger partial charge is 0.496 e. The molecule has 8 nitrogen and oxygen atoms in total. The van der Waals surface area contributed by atoms with Gasteiger partial charge in [0.1, 0.15) is 10.8 Å². The van der Waals surface area contributed by atoms with Gasteiger partial charge in [-0.3, -0.25) is 9.59 Å². The van der Waals surface area contributed by atoms with Crippen LogP contribution in [0.5, 0.6) is 5.75 Å². The van der Waals surface area contributed by atoms with E-state index in [0.29, 0.717) is 17.1 Å². The van der Waals surface area contributed by atoms with E-state index < -0.39 is 23.6 Å². The highest BCUT2D eigenvalue weighted by Crippen LogP contribution is 2.31. The molecule has 0 aliphatic heterocycles. The molecule has 2 amide bonds. The molecule has 2 aromatic carbocycles. The smallest absolute Gasteiger partial charge is 0.416 e. The molecule has 34 heavy (non-hydrogen) atoms. The van der Waals surface area contributed by atoms with Crippen molar-refractivity contribution in [1.82, 2.24) is 15.6 Å². The van der Waals surface area contributed by atoms with Crippen molar-refractivity contribution in [1.29, 1.82) is 0 Å². The van der Waals surface area contributed by atoms with Crippen LogP contribution in [0.4, 0.5) is 18.9 Å². The van der Waals surface area contributed by atoms with Crippen molar-refractivity contribution in [2.45, 2.75) is 23.2 Å². The van der Waals surface area contributed by atoms with Crippen molar-refractivity contribution in [2.75, 3.05) is 12.4 Å². The van der Waals surface area contributed by atoms with Crippen LogP contribution in [0.25, 0.3) is 0 Å². The van der Waals surface area contributed by atoms with Crippen molar-refractivity contribution < 1.29 is 27.5 Å². The quantitative estimate of drug-likeness (QED) is 0.214. The highest BCUT2D eigenvalue weighted by molar-refractivity contribution is 8.00. The summed E-state index contributed by atoms with van der Waals surface area (Å²) in [5, 5.41) is 14.9. The van der Waals surface area contributed by atoms with Crippen LogP contribution in [0.15, 0.2) is 51.9 Å². The lowest BCUT2D eigenvalue weighted by Gasteiger charge is -2.09. The molecule has 0 spiro atoms. The number of aromatic nitrogens is 2. The summed E-state index contributed by atoms with van der Waals surface area (Å²) in [6, 6.07) is 9.00. The number of methoxy groups -OCH3 is 1. The number of rotatable bonds is 7. The molecule has 0 atom stereocenters. The van der Waals surface area contributed by atoms with E-state index >= 15 is 0 Å². The number of hydrogen-bond donors (Lipinski definition) is 2. The van der Waals surface area contributed by atoms with Gasteiger partial charge in [0, 0.05) is 17.0 Å². The Hall–Kier alpha value is -3.45. The first-order valence-corrected chi connectivity index (χ1v) is 11.4. The van der Waals surface area contributed by atoms with E-state index in [1.165, 1.54) is 29.3 Å². The second-order valence-corrected chi connectivity index (χ2v) is 9.08. The standard InChI is InChI=1S/C21H18F3N5O3S2/c1-12-27-29-20(34-12)33-11-14-9-13(3-8-17(14)32-2)10-25-28-19(31)18(30)26-16-6-4-15(5-7-16)21(22,23)24/h3-10H,11H2,1-2H3,(H,26,30)(H,28,31). The summed E-state index contributed by atoms with van der Waals surface area (Å²) in [6.45, 7) is 1.87. The molecule has 3 aromatic rings. The lowest BCUT2D eigenvalue weighted by Crippen LogP contribution is -2.32. The van der Waals surface area contributed by atoms with Crippen molar-refractivity contribution in [2.24, 2.45) is 5.10 Å². The molecular weight excluding hydrogens is 491 g/mol. The maximum atomic E-state index is 12.6. The summed E-state index contributed by atoms with van der Waals surface area (Å²) < 4.78 is 44.0. The summed E-state index contributed by atoms with van der Waals surface area (Å²) >= 11 is 2.99. The summed E-state index contributed by atoms with van der Waals surface area (Å²) in [5.41, 5.74) is 2.77. The zero-order chi connectivity index (χ0) is 24.7. The molecule has 0 bridgehead atoms. The van der Waals surface area contributed by atoms with Crippen LogP contribution in [-0.2, 0) is 21.5 Å². The number of aryl methyl sites for hydroxylation is 1. The van der Waals surface area contributed by atoms with E-state index in [-0.39, 0.29) is 5.69 Å². The van der Waals surface area contributed by atoms with Gasteiger partial charge in [-0.2, -0.15) is 18.3 Å². The second kappa shape index (κ2) is 11.1. The van der Waals surface area contributed by atoms with Gasteiger partial charge in [-0.25, -0.2) is 5.43 Å². The zero-order valence-electron chi connectivity index (χ0n) is 17.8. The van der Waals surface area contributed by atoms with Crippen LogP contribution in [0.1, 0.15) is 21.7 Å². The van der Waals surface area contributed by atoms with Crippen LogP contribution in [0.2, 0.25) is 0 Å². The summed E-state index contributed by atoms with van der Waals surface area (Å²) in [6.07, 6.45) is -3.14.